The molecule has 1 aromatic heterocycles. The molecule has 3 amide bonds. The Bertz CT molecular complexity index is 1480. The number of likely N-dealkylation sites (N-methyl/N-ethyl adjacent to an activating group) is 1. The van der Waals surface area contributed by atoms with Gasteiger partial charge in [-0.15, -0.1) is 0 Å². The Balaban J connectivity index is 1.48. The molecule has 2 aromatic carbocycles. The fourth-order valence-corrected chi connectivity index (χ4v) is 4.78. The van der Waals surface area contributed by atoms with E-state index in [2.05, 4.69) is 5.32 Å². The molecular weight excluding hydrogens is 454 g/mol. The Morgan fingerprint density at radius 1 is 1.11 bits per heavy atom. The molecule has 10 nitrogen and oxygen atoms in total. The van der Waals surface area contributed by atoms with Gasteiger partial charge in [0.05, 0.1) is 11.3 Å². The van der Waals surface area contributed by atoms with Crippen molar-refractivity contribution in [3.8, 4) is 0 Å². The maximum atomic E-state index is 13.5. The fourth-order valence-electron chi connectivity index (χ4n) is 4.78. The molecule has 1 saturated heterocycles. The van der Waals surface area contributed by atoms with Gasteiger partial charge in [-0.25, -0.2) is 9.59 Å². The number of benzene rings is 2. The van der Waals surface area contributed by atoms with Crippen molar-refractivity contribution in [3.05, 3.63) is 70.1 Å². The van der Waals surface area contributed by atoms with Gasteiger partial charge in [0.1, 0.15) is 12.2 Å². The fraction of sp³-hybridized carbons (Fsp3) is 0.240. The molecule has 0 saturated carbocycles. The third kappa shape index (κ3) is 3.45. The molecule has 1 N–H and O–H groups in total. The number of carbonyl (C=O) groups is 4. The third-order valence-electron chi connectivity index (χ3n) is 6.38. The van der Waals surface area contributed by atoms with E-state index in [0.29, 0.717) is 27.9 Å². The summed E-state index contributed by atoms with van der Waals surface area (Å²) in [5.74, 6) is -1.73. The number of nitrogens with zero attached hydrogens (tertiary/aromatic N) is 2. The molecule has 0 spiro atoms. The zero-order valence-electron chi connectivity index (χ0n) is 19.0. The highest BCUT2D eigenvalue weighted by Crippen LogP contribution is 2.44. The summed E-state index contributed by atoms with van der Waals surface area (Å²) in [5, 5.41) is 3.13. The zero-order valence-corrected chi connectivity index (χ0v) is 19.0. The first-order valence-electron chi connectivity index (χ1n) is 10.9. The van der Waals surface area contributed by atoms with Gasteiger partial charge < -0.3 is 19.4 Å². The second kappa shape index (κ2) is 8.08. The second-order valence-electron chi connectivity index (χ2n) is 8.49. The Hall–Kier alpha value is -4.47. The molecule has 3 heterocycles. The van der Waals surface area contributed by atoms with Gasteiger partial charge in [-0.3, -0.25) is 19.3 Å². The average Bonchev–Trinajstić information content (AvgIpc) is 3.18. The lowest BCUT2D eigenvalue weighted by Crippen LogP contribution is -2.67. The molecule has 1 atom stereocenters. The van der Waals surface area contributed by atoms with Gasteiger partial charge in [0.15, 0.2) is 0 Å². The largest absolute Gasteiger partial charge is 0.458 e. The van der Waals surface area contributed by atoms with Crippen molar-refractivity contribution in [3.63, 3.8) is 0 Å². The molecule has 0 bridgehead atoms. The van der Waals surface area contributed by atoms with E-state index in [4.69, 9.17) is 9.15 Å². The number of fused-ring (bicyclic) bond motifs is 4. The van der Waals surface area contributed by atoms with Gasteiger partial charge in [0, 0.05) is 55.6 Å². The van der Waals surface area contributed by atoms with Crippen molar-refractivity contribution in [1.29, 1.82) is 0 Å². The molecule has 2 aliphatic heterocycles. The van der Waals surface area contributed by atoms with Gasteiger partial charge in [-0.1, -0.05) is 12.1 Å². The van der Waals surface area contributed by atoms with Crippen LogP contribution in [0, 0.1) is 0 Å². The molecule has 1 unspecified atom stereocenters. The minimum absolute atomic E-state index is 0.0742. The van der Waals surface area contributed by atoms with E-state index in [9.17, 15) is 24.0 Å². The summed E-state index contributed by atoms with van der Waals surface area (Å²) in [5.41, 5.74) is -0.528. The van der Waals surface area contributed by atoms with E-state index in [0.717, 1.165) is 0 Å². The van der Waals surface area contributed by atoms with E-state index < -0.39 is 17.3 Å². The Morgan fingerprint density at radius 2 is 1.89 bits per heavy atom. The molecule has 178 valence electrons. The predicted octanol–water partition coefficient (Wildman–Crippen LogP) is 2.40. The summed E-state index contributed by atoms with van der Waals surface area (Å²) >= 11 is 0. The first-order chi connectivity index (χ1) is 16.7. The molecule has 0 aliphatic carbocycles. The topological polar surface area (TPSA) is 126 Å². The van der Waals surface area contributed by atoms with E-state index in [1.54, 1.807) is 36.4 Å². The highest BCUT2D eigenvalue weighted by atomic mass is 16.5. The van der Waals surface area contributed by atoms with E-state index in [1.165, 1.54) is 35.9 Å². The second-order valence-corrected chi connectivity index (χ2v) is 8.49. The standard InChI is InChI=1S/C25H21N3O7/c1-14(29)26-16-7-8-17-15(11-22(31)35-20(17)12-16)13-34-24(33)25-10-9-21(30)28(25)19-6-4-3-5-18(19)23(32)27(25)2/h3-8,11-12H,9-10,13H2,1-2H3,(H,26,29). The maximum Gasteiger partial charge on any atom is 0.354 e. The van der Waals surface area contributed by atoms with Gasteiger partial charge in [-0.2, -0.15) is 0 Å². The predicted molar refractivity (Wildman–Crippen MR) is 125 cm³/mol. The van der Waals surface area contributed by atoms with Crippen LogP contribution >= 0.6 is 0 Å². The summed E-state index contributed by atoms with van der Waals surface area (Å²) < 4.78 is 10.9. The Kier molecular flexibility index (Phi) is 5.16. The average molecular weight is 475 g/mol. The Labute approximate surface area is 199 Å². The zero-order chi connectivity index (χ0) is 24.9. The molecule has 1 fully saturated rings. The van der Waals surface area contributed by atoms with Crippen LogP contribution in [0.15, 0.2) is 57.7 Å². The molecule has 2 aliphatic rings. The van der Waals surface area contributed by atoms with Crippen LogP contribution in [-0.2, 0) is 25.7 Å². The first-order valence-corrected chi connectivity index (χ1v) is 10.9. The number of anilines is 2. The number of ether oxygens (including phenoxy) is 1. The quantitative estimate of drug-likeness (QED) is 0.454. The van der Waals surface area contributed by atoms with E-state index >= 15 is 0 Å². The van der Waals surface area contributed by atoms with Crippen molar-refractivity contribution in [1.82, 2.24) is 4.90 Å². The van der Waals surface area contributed by atoms with Crippen LogP contribution in [0.2, 0.25) is 0 Å². The summed E-state index contributed by atoms with van der Waals surface area (Å²) in [4.78, 5) is 65.5. The van der Waals surface area contributed by atoms with Crippen LogP contribution in [0.3, 0.4) is 0 Å². The van der Waals surface area contributed by atoms with Crippen molar-refractivity contribution in [2.75, 3.05) is 17.3 Å². The SMILES string of the molecule is CC(=O)Nc1ccc2c(COC(=O)C34CCC(=O)N3c3ccccc3C(=O)N4C)cc(=O)oc2c1. The van der Waals surface area contributed by atoms with Crippen molar-refractivity contribution in [2.24, 2.45) is 0 Å². The minimum Gasteiger partial charge on any atom is -0.458 e. The third-order valence-corrected chi connectivity index (χ3v) is 6.38. The smallest absolute Gasteiger partial charge is 0.354 e. The van der Waals surface area contributed by atoms with Crippen LogP contribution in [0.25, 0.3) is 11.0 Å². The monoisotopic (exact) mass is 475 g/mol. The molecule has 35 heavy (non-hydrogen) atoms. The van der Waals surface area contributed by atoms with Crippen LogP contribution in [0.4, 0.5) is 11.4 Å². The molecule has 0 radical (unpaired) electrons. The van der Waals surface area contributed by atoms with Crippen LogP contribution in [0.1, 0.15) is 35.7 Å². The lowest BCUT2D eigenvalue weighted by Gasteiger charge is -2.46. The first kappa shape index (κ1) is 22.3. The molecule has 5 rings (SSSR count). The number of rotatable bonds is 4. The number of hydrogen-bond donors (Lipinski definition) is 1. The van der Waals surface area contributed by atoms with Crippen LogP contribution < -0.4 is 15.8 Å². The van der Waals surface area contributed by atoms with Gasteiger partial charge in [0.2, 0.25) is 17.5 Å². The maximum absolute atomic E-state index is 13.5. The van der Waals surface area contributed by atoms with Gasteiger partial charge in [0.25, 0.3) is 5.91 Å². The van der Waals surface area contributed by atoms with E-state index in [1.807, 2.05) is 0 Å². The number of nitrogens with one attached hydrogen (secondary N) is 1. The normalized spacial score (nSPS) is 18.9. The minimum atomic E-state index is -1.61. The van der Waals surface area contributed by atoms with Gasteiger partial charge in [-0.05, 0) is 24.3 Å². The summed E-state index contributed by atoms with van der Waals surface area (Å²) in [6.07, 6.45) is 0.157. The number of para-hydroxylation sites is 1. The molecule has 10 heteroatoms. The number of hydrogen-bond acceptors (Lipinski definition) is 7. The van der Waals surface area contributed by atoms with Crippen molar-refractivity contribution in [2.45, 2.75) is 32.0 Å². The van der Waals surface area contributed by atoms with Crippen LogP contribution in [-0.4, -0.2) is 41.3 Å². The lowest BCUT2D eigenvalue weighted by molar-refractivity contribution is -0.157. The van der Waals surface area contributed by atoms with Crippen molar-refractivity contribution >= 4 is 46.0 Å². The summed E-state index contributed by atoms with van der Waals surface area (Å²) in [6, 6.07) is 12.6. The van der Waals surface area contributed by atoms with Gasteiger partial charge >= 0.3 is 11.6 Å². The summed E-state index contributed by atoms with van der Waals surface area (Å²) in [6.45, 7) is 1.08. The van der Waals surface area contributed by atoms with E-state index in [-0.39, 0.29) is 42.8 Å². The molecular formula is C25H21N3O7. The summed E-state index contributed by atoms with van der Waals surface area (Å²) in [7, 11) is 1.47. The molecule has 3 aromatic rings. The number of amides is 3. The number of esters is 1. The Morgan fingerprint density at radius 3 is 2.66 bits per heavy atom. The highest BCUT2D eigenvalue weighted by molar-refractivity contribution is 6.15. The number of carbonyl (C=O) groups excluding carboxylic acids is 4. The lowest BCUT2D eigenvalue weighted by atomic mass is 9.97. The highest BCUT2D eigenvalue weighted by Gasteiger charge is 2.60. The van der Waals surface area contributed by atoms with Crippen LogP contribution in [0.5, 0.6) is 0 Å². The van der Waals surface area contributed by atoms with Crippen molar-refractivity contribution < 1.29 is 28.3 Å².